The predicted molar refractivity (Wildman–Crippen MR) is 64.2 cm³/mol. The van der Waals surface area contributed by atoms with E-state index in [4.69, 9.17) is 22.1 Å². The summed E-state index contributed by atoms with van der Waals surface area (Å²) in [4.78, 5) is 1.73. The Labute approximate surface area is 100 Å². The number of aryl methyl sites for hydroxylation is 1. The summed E-state index contributed by atoms with van der Waals surface area (Å²) >= 11 is 5.77. The monoisotopic (exact) mass is 233 g/mol. The minimum absolute atomic E-state index is 0.215. The van der Waals surface area contributed by atoms with E-state index in [1.54, 1.807) is 4.90 Å². The van der Waals surface area contributed by atoms with Gasteiger partial charge in [0.2, 0.25) is 0 Å². The smallest absolute Gasteiger partial charge is 0.106 e. The summed E-state index contributed by atoms with van der Waals surface area (Å²) in [6.45, 7) is 2.40. The number of halogens is 1. The van der Waals surface area contributed by atoms with Gasteiger partial charge in [-0.1, -0.05) is 6.07 Å². The van der Waals surface area contributed by atoms with Crippen molar-refractivity contribution in [1.29, 1.82) is 10.5 Å². The van der Waals surface area contributed by atoms with Gasteiger partial charge in [-0.25, -0.2) is 0 Å². The van der Waals surface area contributed by atoms with Crippen LogP contribution in [0.5, 0.6) is 0 Å². The molecule has 1 aromatic rings. The van der Waals surface area contributed by atoms with Crippen molar-refractivity contribution in [2.45, 2.75) is 12.8 Å². The van der Waals surface area contributed by atoms with Crippen molar-refractivity contribution in [3.05, 3.63) is 29.3 Å². The molecule has 0 N–H and O–H groups in total. The first-order valence-corrected chi connectivity index (χ1v) is 5.40. The average molecular weight is 234 g/mol. The molecule has 0 fully saturated rings. The molecular weight excluding hydrogens is 222 g/mol. The fourth-order valence-corrected chi connectivity index (χ4v) is 1.74. The van der Waals surface area contributed by atoms with E-state index in [0.717, 1.165) is 16.8 Å². The number of hydrogen-bond donors (Lipinski definition) is 0. The standard InChI is InChI=1S/C12H12ClN3/c1-10-8-12(3-2-11(10)9-13)16(6-4-14)7-5-15/h2-3,8H,6-7,9H2,1H3. The third kappa shape index (κ3) is 2.89. The molecule has 0 aromatic heterocycles. The summed E-state index contributed by atoms with van der Waals surface area (Å²) in [6, 6.07) is 9.86. The molecule has 0 amide bonds. The first-order chi connectivity index (χ1) is 7.72. The van der Waals surface area contributed by atoms with Gasteiger partial charge in [0, 0.05) is 11.6 Å². The van der Waals surface area contributed by atoms with E-state index in [9.17, 15) is 0 Å². The van der Waals surface area contributed by atoms with Crippen molar-refractivity contribution in [2.24, 2.45) is 0 Å². The minimum Gasteiger partial charge on any atom is -0.345 e. The molecular formula is C12H12ClN3. The lowest BCUT2D eigenvalue weighted by atomic mass is 10.1. The highest BCUT2D eigenvalue weighted by atomic mass is 35.5. The van der Waals surface area contributed by atoms with Crippen molar-refractivity contribution in [1.82, 2.24) is 0 Å². The number of nitriles is 2. The van der Waals surface area contributed by atoms with Gasteiger partial charge in [0.05, 0.1) is 12.1 Å². The molecule has 0 aliphatic carbocycles. The molecule has 3 nitrogen and oxygen atoms in total. The van der Waals surface area contributed by atoms with E-state index >= 15 is 0 Å². The Hall–Kier alpha value is -1.71. The Bertz CT molecular complexity index is 427. The zero-order chi connectivity index (χ0) is 12.0. The van der Waals surface area contributed by atoms with Crippen LogP contribution in [-0.2, 0) is 5.88 Å². The molecule has 0 aliphatic rings. The van der Waals surface area contributed by atoms with Crippen LogP contribution in [0.1, 0.15) is 11.1 Å². The van der Waals surface area contributed by atoms with Crippen LogP contribution in [-0.4, -0.2) is 13.1 Å². The minimum atomic E-state index is 0.215. The molecule has 0 unspecified atom stereocenters. The molecule has 1 rings (SSSR count). The number of anilines is 1. The van der Waals surface area contributed by atoms with Gasteiger partial charge in [-0.05, 0) is 30.2 Å². The second kappa shape index (κ2) is 6.00. The highest BCUT2D eigenvalue weighted by Crippen LogP contribution is 2.20. The largest absolute Gasteiger partial charge is 0.345 e. The first-order valence-electron chi connectivity index (χ1n) is 4.87. The molecule has 0 heterocycles. The molecule has 0 radical (unpaired) electrons. The molecule has 1 aromatic carbocycles. The molecule has 0 atom stereocenters. The Morgan fingerprint density at radius 3 is 2.31 bits per heavy atom. The molecule has 82 valence electrons. The summed E-state index contributed by atoms with van der Waals surface area (Å²) in [6.07, 6.45) is 0. The molecule has 0 bridgehead atoms. The van der Waals surface area contributed by atoms with Crippen LogP contribution in [0.2, 0.25) is 0 Å². The van der Waals surface area contributed by atoms with Crippen LogP contribution >= 0.6 is 11.6 Å². The van der Waals surface area contributed by atoms with Gasteiger partial charge in [0.1, 0.15) is 13.1 Å². The van der Waals surface area contributed by atoms with Gasteiger partial charge < -0.3 is 4.90 Å². The van der Waals surface area contributed by atoms with E-state index in [1.165, 1.54) is 0 Å². The summed E-state index contributed by atoms with van der Waals surface area (Å²) in [7, 11) is 0. The number of rotatable bonds is 4. The molecule has 0 saturated heterocycles. The number of nitrogens with zero attached hydrogens (tertiary/aromatic N) is 3. The molecule has 0 aliphatic heterocycles. The third-order valence-corrected chi connectivity index (χ3v) is 2.65. The first kappa shape index (κ1) is 12.4. The van der Waals surface area contributed by atoms with Gasteiger partial charge in [0.25, 0.3) is 0 Å². The maximum absolute atomic E-state index is 8.67. The second-order valence-corrected chi connectivity index (χ2v) is 3.68. The summed E-state index contributed by atoms with van der Waals surface area (Å²) in [5.41, 5.74) is 3.03. The van der Waals surface area contributed by atoms with Gasteiger partial charge >= 0.3 is 0 Å². The Morgan fingerprint density at radius 1 is 1.25 bits per heavy atom. The van der Waals surface area contributed by atoms with E-state index in [0.29, 0.717) is 5.88 Å². The van der Waals surface area contributed by atoms with E-state index in [-0.39, 0.29) is 13.1 Å². The van der Waals surface area contributed by atoms with Crippen molar-refractivity contribution in [2.75, 3.05) is 18.0 Å². The lowest BCUT2D eigenvalue weighted by molar-refractivity contribution is 0.964. The molecule has 0 saturated carbocycles. The fraction of sp³-hybridized carbons (Fsp3) is 0.333. The van der Waals surface area contributed by atoms with Crippen molar-refractivity contribution in [3.8, 4) is 12.1 Å². The quantitative estimate of drug-likeness (QED) is 0.593. The summed E-state index contributed by atoms with van der Waals surface area (Å²) in [5, 5.41) is 17.3. The van der Waals surface area contributed by atoms with E-state index in [1.807, 2.05) is 37.3 Å². The maximum Gasteiger partial charge on any atom is 0.106 e. The van der Waals surface area contributed by atoms with Gasteiger partial charge in [0.15, 0.2) is 0 Å². The van der Waals surface area contributed by atoms with Gasteiger partial charge in [-0.2, -0.15) is 10.5 Å². The normalized spacial score (nSPS) is 9.25. The van der Waals surface area contributed by atoms with Crippen molar-refractivity contribution < 1.29 is 0 Å². The van der Waals surface area contributed by atoms with Crippen molar-refractivity contribution >= 4 is 17.3 Å². The SMILES string of the molecule is Cc1cc(N(CC#N)CC#N)ccc1CCl. The number of hydrogen-bond acceptors (Lipinski definition) is 3. The van der Waals surface area contributed by atoms with Crippen LogP contribution in [0.4, 0.5) is 5.69 Å². The Balaban J connectivity index is 2.98. The lowest BCUT2D eigenvalue weighted by Gasteiger charge is -2.19. The van der Waals surface area contributed by atoms with E-state index in [2.05, 4.69) is 0 Å². The highest BCUT2D eigenvalue weighted by Gasteiger charge is 2.06. The van der Waals surface area contributed by atoms with Crippen LogP contribution in [0.3, 0.4) is 0 Å². The summed E-state index contributed by atoms with van der Waals surface area (Å²) < 4.78 is 0. The zero-order valence-electron chi connectivity index (χ0n) is 9.07. The Kier molecular flexibility index (Phi) is 4.64. The third-order valence-electron chi connectivity index (χ3n) is 2.36. The zero-order valence-corrected chi connectivity index (χ0v) is 9.83. The van der Waals surface area contributed by atoms with Crippen LogP contribution in [0, 0.1) is 29.6 Å². The highest BCUT2D eigenvalue weighted by molar-refractivity contribution is 6.17. The fourth-order valence-electron chi connectivity index (χ4n) is 1.44. The lowest BCUT2D eigenvalue weighted by Crippen LogP contribution is -2.23. The summed E-state index contributed by atoms with van der Waals surface area (Å²) in [5.74, 6) is 0.475. The number of benzene rings is 1. The molecule has 0 spiro atoms. The predicted octanol–water partition coefficient (Wildman–Crippen LogP) is 2.59. The Morgan fingerprint density at radius 2 is 1.88 bits per heavy atom. The van der Waals surface area contributed by atoms with Crippen LogP contribution in [0.25, 0.3) is 0 Å². The van der Waals surface area contributed by atoms with Crippen LogP contribution < -0.4 is 4.90 Å². The topological polar surface area (TPSA) is 50.8 Å². The van der Waals surface area contributed by atoms with E-state index < -0.39 is 0 Å². The molecule has 16 heavy (non-hydrogen) atoms. The van der Waals surface area contributed by atoms with Crippen molar-refractivity contribution in [3.63, 3.8) is 0 Å². The van der Waals surface area contributed by atoms with Gasteiger partial charge in [-0.3, -0.25) is 0 Å². The maximum atomic E-state index is 8.67. The second-order valence-electron chi connectivity index (χ2n) is 3.42. The van der Waals surface area contributed by atoms with Crippen LogP contribution in [0.15, 0.2) is 18.2 Å². The average Bonchev–Trinajstić information content (AvgIpc) is 2.28. The molecule has 4 heteroatoms. The van der Waals surface area contributed by atoms with Gasteiger partial charge in [-0.15, -0.1) is 11.6 Å². The number of alkyl halides is 1.